The summed E-state index contributed by atoms with van der Waals surface area (Å²) >= 11 is 0. The molecule has 1 aliphatic rings. The maximum atomic E-state index is 5.83. The summed E-state index contributed by atoms with van der Waals surface area (Å²) in [5, 5.41) is 3.85. The topological polar surface area (TPSA) is 27.7 Å². The fourth-order valence-electron chi connectivity index (χ4n) is 3.17. The minimum absolute atomic E-state index is 0.336. The summed E-state index contributed by atoms with van der Waals surface area (Å²) in [6, 6.07) is 27.5. The zero-order chi connectivity index (χ0) is 17.8. The van der Waals surface area contributed by atoms with E-state index in [1.807, 2.05) is 12.1 Å². The molecule has 4 heteroatoms. The Morgan fingerprint density at radius 2 is 1.38 bits per heavy atom. The summed E-state index contributed by atoms with van der Waals surface area (Å²) in [4.78, 5) is 0. The van der Waals surface area contributed by atoms with Crippen LogP contribution in [0.2, 0.25) is 0 Å². The largest absolute Gasteiger partial charge is 0.497 e. The van der Waals surface area contributed by atoms with E-state index < -0.39 is 7.92 Å². The zero-order valence-electron chi connectivity index (χ0n) is 14.7. The molecule has 1 aliphatic heterocycles. The lowest BCUT2D eigenvalue weighted by atomic mass is 10.2. The van der Waals surface area contributed by atoms with Gasteiger partial charge in [0.25, 0.3) is 0 Å². The fraction of sp³-hybridized carbons (Fsp3) is 0.182. The third-order valence-corrected chi connectivity index (χ3v) is 6.90. The molecule has 0 unspecified atom stereocenters. The molecule has 4 rings (SSSR count). The van der Waals surface area contributed by atoms with E-state index in [4.69, 9.17) is 14.2 Å². The van der Waals surface area contributed by atoms with Crippen molar-refractivity contribution in [2.45, 2.75) is 6.29 Å². The summed E-state index contributed by atoms with van der Waals surface area (Å²) < 4.78 is 17.1. The van der Waals surface area contributed by atoms with E-state index in [9.17, 15) is 0 Å². The first-order valence-corrected chi connectivity index (χ1v) is 10.0. The lowest BCUT2D eigenvalue weighted by Gasteiger charge is -2.24. The highest BCUT2D eigenvalue weighted by molar-refractivity contribution is 7.79. The summed E-state index contributed by atoms with van der Waals surface area (Å²) in [5.74, 6) is 0.818. The van der Waals surface area contributed by atoms with Gasteiger partial charge >= 0.3 is 0 Å². The van der Waals surface area contributed by atoms with Gasteiger partial charge in [-0.05, 0) is 42.0 Å². The SMILES string of the molecule is COc1ccc(P(c2ccccc2)c2ccccc2)c(C2OCCO2)c1. The van der Waals surface area contributed by atoms with Crippen LogP contribution in [0.3, 0.4) is 0 Å². The summed E-state index contributed by atoms with van der Waals surface area (Å²) in [7, 11) is 0.971. The number of hydrogen-bond donors (Lipinski definition) is 0. The van der Waals surface area contributed by atoms with Gasteiger partial charge in [-0.2, -0.15) is 0 Å². The molecule has 0 spiro atoms. The van der Waals surface area contributed by atoms with Gasteiger partial charge in [0.1, 0.15) is 5.75 Å². The molecule has 0 saturated carbocycles. The molecule has 0 aromatic heterocycles. The molecule has 3 aromatic carbocycles. The highest BCUT2D eigenvalue weighted by Gasteiger charge is 2.27. The van der Waals surface area contributed by atoms with Crippen molar-refractivity contribution in [3.8, 4) is 5.75 Å². The molecule has 26 heavy (non-hydrogen) atoms. The molecule has 0 radical (unpaired) electrons. The van der Waals surface area contributed by atoms with Crippen molar-refractivity contribution in [2.24, 2.45) is 0 Å². The zero-order valence-corrected chi connectivity index (χ0v) is 15.6. The predicted octanol–water partition coefficient (Wildman–Crippen LogP) is 3.50. The van der Waals surface area contributed by atoms with Gasteiger partial charge in [-0.1, -0.05) is 60.7 Å². The van der Waals surface area contributed by atoms with Crippen LogP contribution in [0.1, 0.15) is 11.9 Å². The van der Waals surface area contributed by atoms with Crippen LogP contribution in [0.15, 0.2) is 78.9 Å². The Morgan fingerprint density at radius 3 is 1.92 bits per heavy atom. The average Bonchev–Trinajstić information content (AvgIpc) is 3.25. The molecule has 0 aliphatic carbocycles. The Kier molecular flexibility index (Phi) is 5.31. The number of hydrogen-bond acceptors (Lipinski definition) is 3. The number of benzene rings is 3. The van der Waals surface area contributed by atoms with E-state index in [1.165, 1.54) is 15.9 Å². The van der Waals surface area contributed by atoms with Crippen LogP contribution < -0.4 is 20.7 Å². The maximum absolute atomic E-state index is 5.83. The monoisotopic (exact) mass is 364 g/mol. The van der Waals surface area contributed by atoms with Gasteiger partial charge in [0.05, 0.1) is 20.3 Å². The molecule has 0 amide bonds. The van der Waals surface area contributed by atoms with Gasteiger partial charge in [0, 0.05) is 5.56 Å². The molecule has 0 atom stereocenters. The van der Waals surface area contributed by atoms with E-state index >= 15 is 0 Å². The summed E-state index contributed by atoms with van der Waals surface area (Å²) in [6.07, 6.45) is -0.336. The van der Waals surface area contributed by atoms with Crippen LogP contribution in [-0.4, -0.2) is 20.3 Å². The fourth-order valence-corrected chi connectivity index (χ4v) is 5.62. The summed E-state index contributed by atoms with van der Waals surface area (Å²) in [5.41, 5.74) is 1.06. The molecule has 1 fully saturated rings. The Labute approximate surface area is 155 Å². The normalized spacial score (nSPS) is 14.7. The highest BCUT2D eigenvalue weighted by Crippen LogP contribution is 2.38. The number of ether oxygens (including phenoxy) is 3. The standard InChI is InChI=1S/C22H21O3P/c1-23-17-12-13-21(20(16-17)22-24-14-15-25-22)26(18-8-4-2-5-9-18)19-10-6-3-7-11-19/h2-13,16,22H,14-15H2,1H3. The van der Waals surface area contributed by atoms with Crippen LogP contribution in [-0.2, 0) is 9.47 Å². The first-order chi connectivity index (χ1) is 12.9. The molecule has 132 valence electrons. The van der Waals surface area contributed by atoms with Crippen molar-refractivity contribution in [2.75, 3.05) is 20.3 Å². The maximum Gasteiger partial charge on any atom is 0.184 e. The number of methoxy groups -OCH3 is 1. The molecular formula is C22H21O3P. The van der Waals surface area contributed by atoms with Crippen molar-refractivity contribution >= 4 is 23.8 Å². The third kappa shape index (κ3) is 3.52. The highest BCUT2D eigenvalue weighted by atomic mass is 31.1. The Balaban J connectivity index is 1.88. The minimum atomic E-state index is -0.716. The first-order valence-electron chi connectivity index (χ1n) is 8.68. The van der Waals surface area contributed by atoms with Crippen molar-refractivity contribution in [1.82, 2.24) is 0 Å². The first kappa shape index (κ1) is 17.2. The van der Waals surface area contributed by atoms with E-state index in [-0.39, 0.29) is 6.29 Å². The van der Waals surface area contributed by atoms with Crippen LogP contribution in [0, 0.1) is 0 Å². The van der Waals surface area contributed by atoms with Crippen LogP contribution in [0.5, 0.6) is 5.75 Å². The van der Waals surface area contributed by atoms with Crippen LogP contribution in [0.25, 0.3) is 0 Å². The Hall–Kier alpha value is -2.19. The second-order valence-electron chi connectivity index (χ2n) is 6.00. The van der Waals surface area contributed by atoms with E-state index in [1.54, 1.807) is 7.11 Å². The number of rotatable bonds is 5. The van der Waals surface area contributed by atoms with E-state index in [0.717, 1.165) is 11.3 Å². The van der Waals surface area contributed by atoms with Crippen molar-refractivity contribution in [1.29, 1.82) is 0 Å². The minimum Gasteiger partial charge on any atom is -0.497 e. The lowest BCUT2D eigenvalue weighted by molar-refractivity contribution is -0.0434. The van der Waals surface area contributed by atoms with Gasteiger partial charge in [-0.15, -0.1) is 0 Å². The van der Waals surface area contributed by atoms with Gasteiger partial charge in [0.15, 0.2) is 6.29 Å². The molecule has 1 heterocycles. The second kappa shape index (κ2) is 8.01. The van der Waals surface area contributed by atoms with E-state index in [2.05, 4.69) is 66.7 Å². The second-order valence-corrected chi connectivity index (χ2v) is 8.19. The Bertz CT molecular complexity index is 806. The van der Waals surface area contributed by atoms with Gasteiger partial charge in [0.2, 0.25) is 0 Å². The molecule has 3 aromatic rings. The van der Waals surface area contributed by atoms with E-state index in [0.29, 0.717) is 13.2 Å². The quantitative estimate of drug-likeness (QED) is 0.649. The third-order valence-electron chi connectivity index (χ3n) is 4.38. The predicted molar refractivity (Wildman–Crippen MR) is 106 cm³/mol. The molecule has 3 nitrogen and oxygen atoms in total. The molecule has 0 N–H and O–H groups in total. The Morgan fingerprint density at radius 1 is 0.808 bits per heavy atom. The van der Waals surface area contributed by atoms with Gasteiger partial charge in [-0.3, -0.25) is 0 Å². The smallest absolute Gasteiger partial charge is 0.184 e. The van der Waals surface area contributed by atoms with Crippen LogP contribution >= 0.6 is 7.92 Å². The van der Waals surface area contributed by atoms with Gasteiger partial charge in [-0.25, -0.2) is 0 Å². The van der Waals surface area contributed by atoms with Crippen LogP contribution in [0.4, 0.5) is 0 Å². The molecular weight excluding hydrogens is 343 g/mol. The molecule has 1 saturated heterocycles. The van der Waals surface area contributed by atoms with Crippen molar-refractivity contribution < 1.29 is 14.2 Å². The summed E-state index contributed by atoms with van der Waals surface area (Å²) in [6.45, 7) is 1.24. The molecule has 0 bridgehead atoms. The van der Waals surface area contributed by atoms with Gasteiger partial charge < -0.3 is 14.2 Å². The lowest BCUT2D eigenvalue weighted by Crippen LogP contribution is -2.25. The van der Waals surface area contributed by atoms with Crippen molar-refractivity contribution in [3.63, 3.8) is 0 Å². The average molecular weight is 364 g/mol. The van der Waals surface area contributed by atoms with Crippen molar-refractivity contribution in [3.05, 3.63) is 84.4 Å².